The Bertz CT molecular complexity index is 448. The van der Waals surface area contributed by atoms with Crippen molar-refractivity contribution in [1.82, 2.24) is 4.90 Å². The average molecular weight is 343 g/mol. The molecule has 0 saturated carbocycles. The van der Waals surface area contributed by atoms with Gasteiger partial charge in [0.1, 0.15) is 19.0 Å². The van der Waals surface area contributed by atoms with Gasteiger partial charge in [0.2, 0.25) is 5.91 Å². The molecule has 1 saturated heterocycles. The Balaban J connectivity index is 0.00000264. The smallest absolute Gasteiger partial charge is 0.248 e. The highest BCUT2D eigenvalue weighted by molar-refractivity contribution is 5.85. The molecule has 1 fully saturated rings. The van der Waals surface area contributed by atoms with Crippen LogP contribution in [0.1, 0.15) is 19.8 Å². The maximum absolute atomic E-state index is 12.0. The minimum absolute atomic E-state index is 0. The molecular formula is C17H27ClN2O3. The van der Waals surface area contributed by atoms with Crippen molar-refractivity contribution in [3.05, 3.63) is 30.3 Å². The number of amides is 1. The zero-order chi connectivity index (χ0) is 15.8. The molecule has 2 rings (SSSR count). The molecular weight excluding hydrogens is 316 g/mol. The number of halogens is 1. The van der Waals surface area contributed by atoms with Crippen molar-refractivity contribution in [3.63, 3.8) is 0 Å². The molecule has 0 bridgehead atoms. The summed E-state index contributed by atoms with van der Waals surface area (Å²) >= 11 is 0. The van der Waals surface area contributed by atoms with Crippen LogP contribution >= 0.6 is 12.4 Å². The highest BCUT2D eigenvalue weighted by atomic mass is 35.5. The SMILES string of the molecule is CC(N)C1CCN(C(=O)COCCOc2ccccc2)CC1.Cl. The van der Waals surface area contributed by atoms with Gasteiger partial charge in [0.05, 0.1) is 6.61 Å². The monoisotopic (exact) mass is 342 g/mol. The number of nitrogens with zero attached hydrogens (tertiary/aromatic N) is 1. The molecule has 0 aromatic heterocycles. The summed E-state index contributed by atoms with van der Waals surface area (Å²) < 4.78 is 10.9. The number of carbonyl (C=O) groups excluding carboxylic acids is 1. The molecule has 0 aliphatic carbocycles. The van der Waals surface area contributed by atoms with Gasteiger partial charge in [-0.1, -0.05) is 18.2 Å². The zero-order valence-corrected chi connectivity index (χ0v) is 14.5. The van der Waals surface area contributed by atoms with Crippen LogP contribution in [0, 0.1) is 5.92 Å². The maximum atomic E-state index is 12.0. The van der Waals surface area contributed by atoms with Gasteiger partial charge in [0, 0.05) is 19.1 Å². The van der Waals surface area contributed by atoms with E-state index in [0.717, 1.165) is 31.7 Å². The van der Waals surface area contributed by atoms with Crippen LogP contribution in [0.4, 0.5) is 0 Å². The number of likely N-dealkylation sites (tertiary alicyclic amines) is 1. The Morgan fingerprint density at radius 1 is 1.26 bits per heavy atom. The molecule has 1 aromatic carbocycles. The van der Waals surface area contributed by atoms with E-state index in [-0.39, 0.29) is 31.0 Å². The lowest BCUT2D eigenvalue weighted by atomic mass is 9.91. The van der Waals surface area contributed by atoms with Gasteiger partial charge in [0.15, 0.2) is 0 Å². The molecule has 1 aromatic rings. The van der Waals surface area contributed by atoms with Crippen LogP contribution < -0.4 is 10.5 Å². The molecule has 2 N–H and O–H groups in total. The fourth-order valence-corrected chi connectivity index (χ4v) is 2.66. The van der Waals surface area contributed by atoms with Crippen molar-refractivity contribution in [3.8, 4) is 5.75 Å². The van der Waals surface area contributed by atoms with Gasteiger partial charge in [-0.2, -0.15) is 0 Å². The third-order valence-corrected chi connectivity index (χ3v) is 4.10. The maximum Gasteiger partial charge on any atom is 0.248 e. The lowest BCUT2D eigenvalue weighted by molar-refractivity contribution is -0.137. The molecule has 6 heteroatoms. The van der Waals surface area contributed by atoms with Crippen molar-refractivity contribution in [1.29, 1.82) is 0 Å². The molecule has 1 unspecified atom stereocenters. The standard InChI is InChI=1S/C17H26N2O3.ClH/c1-14(18)15-7-9-19(10-8-15)17(20)13-21-11-12-22-16-5-3-2-4-6-16;/h2-6,14-15H,7-13,18H2,1H3;1H. The van der Waals surface area contributed by atoms with Crippen molar-refractivity contribution in [2.24, 2.45) is 11.7 Å². The first kappa shape index (κ1) is 19.7. The summed E-state index contributed by atoms with van der Waals surface area (Å²) in [6.07, 6.45) is 1.97. The number of piperidine rings is 1. The van der Waals surface area contributed by atoms with Crippen LogP contribution in [-0.4, -0.2) is 49.8 Å². The third kappa shape index (κ3) is 6.77. The number of hydrogen-bond donors (Lipinski definition) is 1. The number of nitrogens with two attached hydrogens (primary N) is 1. The summed E-state index contributed by atoms with van der Waals surface area (Å²) in [5, 5.41) is 0. The fourth-order valence-electron chi connectivity index (χ4n) is 2.66. The molecule has 0 radical (unpaired) electrons. The number of benzene rings is 1. The van der Waals surface area contributed by atoms with E-state index in [1.165, 1.54) is 0 Å². The Labute approximate surface area is 144 Å². The van der Waals surface area contributed by atoms with Crippen molar-refractivity contribution < 1.29 is 14.3 Å². The molecule has 130 valence electrons. The molecule has 5 nitrogen and oxygen atoms in total. The van der Waals surface area contributed by atoms with Crippen LogP contribution in [0.3, 0.4) is 0 Å². The predicted molar refractivity (Wildman–Crippen MR) is 93.0 cm³/mol. The first-order valence-corrected chi connectivity index (χ1v) is 7.96. The number of ether oxygens (including phenoxy) is 2. The number of para-hydroxylation sites is 1. The normalized spacial score (nSPS) is 16.5. The number of hydrogen-bond acceptors (Lipinski definition) is 4. The lowest BCUT2D eigenvalue weighted by Gasteiger charge is -2.33. The number of rotatable bonds is 7. The largest absolute Gasteiger partial charge is 0.491 e. The molecule has 23 heavy (non-hydrogen) atoms. The third-order valence-electron chi connectivity index (χ3n) is 4.10. The van der Waals surface area contributed by atoms with Gasteiger partial charge in [-0.05, 0) is 37.8 Å². The Hall–Kier alpha value is -1.30. The van der Waals surface area contributed by atoms with E-state index in [2.05, 4.69) is 0 Å². The second kappa shape index (κ2) is 10.5. The van der Waals surface area contributed by atoms with E-state index in [1.807, 2.05) is 42.2 Å². The second-order valence-electron chi connectivity index (χ2n) is 5.79. The molecule has 0 spiro atoms. The van der Waals surface area contributed by atoms with Gasteiger partial charge in [-0.3, -0.25) is 4.79 Å². The van der Waals surface area contributed by atoms with Gasteiger partial charge in [-0.15, -0.1) is 12.4 Å². The first-order chi connectivity index (χ1) is 10.7. The highest BCUT2D eigenvalue weighted by Crippen LogP contribution is 2.19. The summed E-state index contributed by atoms with van der Waals surface area (Å²) in [4.78, 5) is 13.9. The van der Waals surface area contributed by atoms with E-state index in [0.29, 0.717) is 19.1 Å². The fraction of sp³-hybridized carbons (Fsp3) is 0.588. The predicted octanol–water partition coefficient (Wildman–Crippen LogP) is 2.09. The molecule has 1 aliphatic rings. The molecule has 1 atom stereocenters. The summed E-state index contributed by atoms with van der Waals surface area (Å²) in [5.41, 5.74) is 5.91. The molecule has 1 heterocycles. The van der Waals surface area contributed by atoms with Gasteiger partial charge in [0.25, 0.3) is 0 Å². The van der Waals surface area contributed by atoms with Crippen LogP contribution in [0.25, 0.3) is 0 Å². The van der Waals surface area contributed by atoms with Crippen LogP contribution in [0.15, 0.2) is 30.3 Å². The zero-order valence-electron chi connectivity index (χ0n) is 13.6. The summed E-state index contributed by atoms with van der Waals surface area (Å²) in [5.74, 6) is 1.41. The topological polar surface area (TPSA) is 64.8 Å². The minimum atomic E-state index is 0. The summed E-state index contributed by atoms with van der Waals surface area (Å²) in [6.45, 7) is 4.60. The average Bonchev–Trinajstić information content (AvgIpc) is 2.55. The van der Waals surface area contributed by atoms with Crippen molar-refractivity contribution >= 4 is 18.3 Å². The Morgan fingerprint density at radius 2 is 1.91 bits per heavy atom. The molecule has 1 amide bonds. The van der Waals surface area contributed by atoms with E-state index in [4.69, 9.17) is 15.2 Å². The lowest BCUT2D eigenvalue weighted by Crippen LogP contribution is -2.43. The van der Waals surface area contributed by atoms with E-state index in [1.54, 1.807) is 0 Å². The Morgan fingerprint density at radius 3 is 2.52 bits per heavy atom. The Kier molecular flexibility index (Phi) is 8.99. The highest BCUT2D eigenvalue weighted by Gasteiger charge is 2.24. The summed E-state index contributed by atoms with van der Waals surface area (Å²) in [6, 6.07) is 9.79. The quantitative estimate of drug-likeness (QED) is 0.771. The van der Waals surface area contributed by atoms with Gasteiger partial charge < -0.3 is 20.1 Å². The van der Waals surface area contributed by atoms with Gasteiger partial charge in [-0.25, -0.2) is 0 Å². The molecule has 1 aliphatic heterocycles. The minimum Gasteiger partial charge on any atom is -0.491 e. The van der Waals surface area contributed by atoms with E-state index >= 15 is 0 Å². The van der Waals surface area contributed by atoms with Crippen LogP contribution in [0.5, 0.6) is 5.75 Å². The second-order valence-corrected chi connectivity index (χ2v) is 5.79. The first-order valence-electron chi connectivity index (χ1n) is 7.96. The van der Waals surface area contributed by atoms with Crippen molar-refractivity contribution in [2.75, 3.05) is 32.9 Å². The van der Waals surface area contributed by atoms with Crippen LogP contribution in [-0.2, 0) is 9.53 Å². The van der Waals surface area contributed by atoms with E-state index < -0.39 is 0 Å². The van der Waals surface area contributed by atoms with E-state index in [9.17, 15) is 4.79 Å². The van der Waals surface area contributed by atoms with Crippen LogP contribution in [0.2, 0.25) is 0 Å². The summed E-state index contributed by atoms with van der Waals surface area (Å²) in [7, 11) is 0. The van der Waals surface area contributed by atoms with Crippen molar-refractivity contribution in [2.45, 2.75) is 25.8 Å². The van der Waals surface area contributed by atoms with Gasteiger partial charge >= 0.3 is 0 Å². The number of carbonyl (C=O) groups is 1.